The zero-order valence-electron chi connectivity index (χ0n) is 16.5. The first-order valence-electron chi connectivity index (χ1n) is 9.63. The van der Waals surface area contributed by atoms with E-state index in [0.29, 0.717) is 0 Å². The second-order valence-corrected chi connectivity index (χ2v) is 7.04. The molecule has 0 radical (unpaired) electrons. The first-order valence-corrected chi connectivity index (χ1v) is 9.63. The molecule has 144 valence electrons. The monoisotopic (exact) mass is 373 g/mol. The van der Waals surface area contributed by atoms with Gasteiger partial charge in [0.2, 0.25) is 0 Å². The summed E-state index contributed by atoms with van der Waals surface area (Å²) >= 11 is 0. The molecule has 28 heavy (non-hydrogen) atoms. The molecule has 3 nitrogen and oxygen atoms in total. The fourth-order valence-electron chi connectivity index (χ4n) is 3.67. The highest BCUT2D eigenvalue weighted by Crippen LogP contribution is 2.32. The third kappa shape index (κ3) is 5.08. The lowest BCUT2D eigenvalue weighted by atomic mass is 9.92. The van der Waals surface area contributed by atoms with Gasteiger partial charge in [-0.25, -0.2) is 0 Å². The van der Waals surface area contributed by atoms with Crippen molar-refractivity contribution in [3.63, 3.8) is 0 Å². The van der Waals surface area contributed by atoms with Gasteiger partial charge in [-0.2, -0.15) is 0 Å². The number of nitrogens with zero attached hydrogens (tertiary/aromatic N) is 1. The number of esters is 1. The van der Waals surface area contributed by atoms with Crippen molar-refractivity contribution < 1.29 is 9.53 Å². The number of ether oxygens (including phenoxy) is 1. The molecule has 0 saturated heterocycles. The Morgan fingerprint density at radius 3 is 1.64 bits per heavy atom. The van der Waals surface area contributed by atoms with Gasteiger partial charge in [0.15, 0.2) is 0 Å². The molecular weight excluding hydrogens is 346 g/mol. The predicted molar refractivity (Wildman–Crippen MR) is 112 cm³/mol. The van der Waals surface area contributed by atoms with Gasteiger partial charge in [-0.15, -0.1) is 0 Å². The highest BCUT2D eigenvalue weighted by atomic mass is 16.5. The molecule has 3 heteroatoms. The minimum atomic E-state index is -0.292. The van der Waals surface area contributed by atoms with E-state index in [1.165, 1.54) is 18.2 Å². The van der Waals surface area contributed by atoms with Crippen molar-refractivity contribution in [2.24, 2.45) is 5.92 Å². The zero-order chi connectivity index (χ0) is 19.8. The van der Waals surface area contributed by atoms with Crippen LogP contribution in [-0.4, -0.2) is 18.0 Å². The van der Waals surface area contributed by atoms with Gasteiger partial charge in [-0.3, -0.25) is 9.69 Å². The fraction of sp³-hybridized carbons (Fsp3) is 0.240. The Kier molecular flexibility index (Phi) is 6.99. The van der Waals surface area contributed by atoms with E-state index in [0.717, 1.165) is 18.7 Å². The third-order valence-corrected chi connectivity index (χ3v) is 5.04. The Bertz CT molecular complexity index is 808. The highest BCUT2D eigenvalue weighted by Gasteiger charge is 2.31. The van der Waals surface area contributed by atoms with Crippen molar-refractivity contribution in [3.8, 4) is 0 Å². The number of hydrogen-bond acceptors (Lipinski definition) is 3. The number of carbonyl (C=O) groups is 1. The average Bonchev–Trinajstić information content (AvgIpc) is 2.75. The number of methoxy groups -OCH3 is 1. The maximum absolute atomic E-state index is 12.5. The highest BCUT2D eigenvalue weighted by molar-refractivity contribution is 5.73. The molecule has 0 aliphatic rings. The van der Waals surface area contributed by atoms with Gasteiger partial charge in [0.25, 0.3) is 0 Å². The Balaban J connectivity index is 2.00. The van der Waals surface area contributed by atoms with E-state index in [2.05, 4.69) is 65.6 Å². The standard InChI is InChI=1S/C25H27NO2/c1-20(25(27)28-2)24(23-16-10-5-11-17-23)26(18-21-12-6-3-7-13-21)19-22-14-8-4-9-15-22/h3-17,20,24H,18-19H2,1-2H3/t20-,24+/m1/s1. The predicted octanol–water partition coefficient (Wildman–Crippen LogP) is 5.24. The normalized spacial score (nSPS) is 13.1. The Morgan fingerprint density at radius 1 is 0.786 bits per heavy atom. The minimum Gasteiger partial charge on any atom is -0.469 e. The van der Waals surface area contributed by atoms with Crippen LogP contribution >= 0.6 is 0 Å². The Morgan fingerprint density at radius 2 is 1.21 bits per heavy atom. The first kappa shape index (κ1) is 19.8. The summed E-state index contributed by atoms with van der Waals surface area (Å²) in [5, 5.41) is 0. The summed E-state index contributed by atoms with van der Waals surface area (Å²) < 4.78 is 5.10. The van der Waals surface area contributed by atoms with Crippen molar-refractivity contribution >= 4 is 5.97 Å². The van der Waals surface area contributed by atoms with Gasteiger partial charge in [0.1, 0.15) is 0 Å². The lowest BCUT2D eigenvalue weighted by Crippen LogP contribution is -2.35. The molecule has 3 rings (SSSR count). The van der Waals surface area contributed by atoms with E-state index in [-0.39, 0.29) is 17.9 Å². The van der Waals surface area contributed by atoms with Gasteiger partial charge in [-0.05, 0) is 16.7 Å². The number of carbonyl (C=O) groups excluding carboxylic acids is 1. The van der Waals surface area contributed by atoms with E-state index in [4.69, 9.17) is 4.74 Å². The molecule has 0 aromatic heterocycles. The van der Waals surface area contributed by atoms with Crippen LogP contribution in [0, 0.1) is 5.92 Å². The van der Waals surface area contributed by atoms with Crippen LogP contribution in [0.15, 0.2) is 91.0 Å². The smallest absolute Gasteiger partial charge is 0.310 e. The minimum absolute atomic E-state index is 0.0888. The SMILES string of the molecule is COC(=O)[C@H](C)[C@@H](c1ccccc1)N(Cc1ccccc1)Cc1ccccc1. The molecule has 0 heterocycles. The third-order valence-electron chi connectivity index (χ3n) is 5.04. The van der Waals surface area contributed by atoms with Crippen LogP contribution in [-0.2, 0) is 22.6 Å². The summed E-state index contributed by atoms with van der Waals surface area (Å²) in [6.07, 6.45) is 0. The molecule has 2 atom stereocenters. The second kappa shape index (κ2) is 9.86. The van der Waals surface area contributed by atoms with Crippen molar-refractivity contribution in [3.05, 3.63) is 108 Å². The summed E-state index contributed by atoms with van der Waals surface area (Å²) in [5.41, 5.74) is 3.56. The van der Waals surface area contributed by atoms with Crippen LogP contribution in [0.1, 0.15) is 29.7 Å². The van der Waals surface area contributed by atoms with Crippen LogP contribution in [0.3, 0.4) is 0 Å². The molecule has 0 aliphatic heterocycles. The van der Waals surface area contributed by atoms with Gasteiger partial charge >= 0.3 is 5.97 Å². The first-order chi connectivity index (χ1) is 13.7. The van der Waals surface area contributed by atoms with Crippen LogP contribution in [0.5, 0.6) is 0 Å². The van der Waals surface area contributed by atoms with Gasteiger partial charge in [0, 0.05) is 19.1 Å². The van der Waals surface area contributed by atoms with E-state index >= 15 is 0 Å². The molecule has 0 bridgehead atoms. The number of benzene rings is 3. The van der Waals surface area contributed by atoms with E-state index in [1.54, 1.807) is 0 Å². The summed E-state index contributed by atoms with van der Waals surface area (Å²) in [6, 6.07) is 30.9. The van der Waals surface area contributed by atoms with Crippen molar-refractivity contribution in [2.45, 2.75) is 26.1 Å². The number of hydrogen-bond donors (Lipinski definition) is 0. The van der Waals surface area contributed by atoms with Gasteiger partial charge in [0.05, 0.1) is 13.0 Å². The molecule has 0 N–H and O–H groups in total. The summed E-state index contributed by atoms with van der Waals surface area (Å²) in [5.74, 6) is -0.486. The van der Waals surface area contributed by atoms with E-state index < -0.39 is 0 Å². The van der Waals surface area contributed by atoms with Crippen molar-refractivity contribution in [1.82, 2.24) is 4.90 Å². The van der Waals surface area contributed by atoms with Crippen LogP contribution in [0.2, 0.25) is 0 Å². The van der Waals surface area contributed by atoms with E-state index in [1.807, 2.05) is 37.3 Å². The van der Waals surface area contributed by atoms with Crippen LogP contribution in [0.25, 0.3) is 0 Å². The second-order valence-electron chi connectivity index (χ2n) is 7.04. The molecular formula is C25H27NO2. The maximum Gasteiger partial charge on any atom is 0.310 e. The zero-order valence-corrected chi connectivity index (χ0v) is 16.5. The average molecular weight is 373 g/mol. The van der Waals surface area contributed by atoms with Crippen molar-refractivity contribution in [2.75, 3.05) is 7.11 Å². The topological polar surface area (TPSA) is 29.5 Å². The van der Waals surface area contributed by atoms with E-state index in [9.17, 15) is 4.79 Å². The summed E-state index contributed by atoms with van der Waals surface area (Å²) in [4.78, 5) is 14.8. The van der Waals surface area contributed by atoms with Gasteiger partial charge in [-0.1, -0.05) is 97.9 Å². The van der Waals surface area contributed by atoms with Crippen molar-refractivity contribution in [1.29, 1.82) is 0 Å². The molecule has 0 fully saturated rings. The summed E-state index contributed by atoms with van der Waals surface area (Å²) in [6.45, 7) is 3.44. The lowest BCUT2D eigenvalue weighted by molar-refractivity contribution is -0.147. The summed E-state index contributed by atoms with van der Waals surface area (Å²) in [7, 11) is 1.46. The molecule has 3 aromatic rings. The fourth-order valence-corrected chi connectivity index (χ4v) is 3.67. The Hall–Kier alpha value is -2.91. The number of rotatable bonds is 8. The lowest BCUT2D eigenvalue weighted by Gasteiger charge is -2.35. The largest absolute Gasteiger partial charge is 0.469 e. The Labute approximate surface area is 167 Å². The maximum atomic E-state index is 12.5. The molecule has 0 aliphatic carbocycles. The van der Waals surface area contributed by atoms with Crippen LogP contribution < -0.4 is 0 Å². The molecule has 0 unspecified atom stereocenters. The van der Waals surface area contributed by atoms with Crippen LogP contribution in [0.4, 0.5) is 0 Å². The molecule has 3 aromatic carbocycles. The molecule has 0 amide bonds. The molecule has 0 saturated carbocycles. The molecule has 0 spiro atoms. The van der Waals surface area contributed by atoms with Gasteiger partial charge < -0.3 is 4.74 Å². The quantitative estimate of drug-likeness (QED) is 0.506.